The zero-order valence-electron chi connectivity index (χ0n) is 11.9. The molecule has 0 aliphatic heterocycles. The quantitative estimate of drug-likeness (QED) is 0.675. The Bertz CT molecular complexity index is 672. The molecule has 0 amide bonds. The van der Waals surface area contributed by atoms with Crippen LogP contribution in [0.3, 0.4) is 0 Å². The Morgan fingerprint density at radius 3 is 2.90 bits per heavy atom. The maximum Gasteiger partial charge on any atom is 0.211 e. The Morgan fingerprint density at radius 1 is 1.48 bits per heavy atom. The van der Waals surface area contributed by atoms with Crippen LogP contribution < -0.4 is 4.74 Å². The molecule has 0 spiro atoms. The number of aromatic nitrogens is 3. The van der Waals surface area contributed by atoms with Gasteiger partial charge in [-0.3, -0.25) is 0 Å². The SMILES string of the molecule is CCOc1cc(/C=N\n2c(C)nnc2SC)cc(Cl)c1O. The van der Waals surface area contributed by atoms with Gasteiger partial charge in [-0.2, -0.15) is 9.78 Å². The van der Waals surface area contributed by atoms with Crippen LogP contribution in [-0.4, -0.2) is 39.1 Å². The van der Waals surface area contributed by atoms with Crippen molar-refractivity contribution in [1.29, 1.82) is 0 Å². The highest BCUT2D eigenvalue weighted by Gasteiger charge is 2.09. The van der Waals surface area contributed by atoms with Crippen molar-refractivity contribution in [2.24, 2.45) is 5.10 Å². The maximum absolute atomic E-state index is 9.80. The lowest BCUT2D eigenvalue weighted by molar-refractivity contribution is 0.318. The number of benzene rings is 1. The number of phenols is 1. The standard InChI is InChI=1S/C13H15ClN4O2S/c1-4-20-11-6-9(5-10(14)12(11)19)7-15-18-8(2)16-17-13(18)21-3/h5-7,19H,4H2,1-3H3/b15-7-. The monoisotopic (exact) mass is 326 g/mol. The van der Waals surface area contributed by atoms with Gasteiger partial charge >= 0.3 is 0 Å². The molecular formula is C13H15ClN4O2S. The molecule has 0 aliphatic rings. The summed E-state index contributed by atoms with van der Waals surface area (Å²) in [6.45, 7) is 4.09. The maximum atomic E-state index is 9.80. The van der Waals surface area contributed by atoms with Crippen LogP contribution in [0, 0.1) is 6.92 Å². The second-order valence-corrected chi connectivity index (χ2v) is 5.25. The summed E-state index contributed by atoms with van der Waals surface area (Å²) >= 11 is 7.43. The number of aromatic hydroxyl groups is 1. The number of thioether (sulfide) groups is 1. The van der Waals surface area contributed by atoms with Gasteiger partial charge in [0.05, 0.1) is 17.8 Å². The first-order valence-electron chi connectivity index (χ1n) is 6.22. The molecule has 0 saturated heterocycles. The Kier molecular flexibility index (Phi) is 5.08. The van der Waals surface area contributed by atoms with Gasteiger partial charge in [-0.05, 0) is 37.8 Å². The highest BCUT2D eigenvalue weighted by molar-refractivity contribution is 7.98. The van der Waals surface area contributed by atoms with E-state index < -0.39 is 0 Å². The fourth-order valence-corrected chi connectivity index (χ4v) is 2.35. The molecule has 1 aromatic carbocycles. The van der Waals surface area contributed by atoms with E-state index in [0.717, 1.165) is 0 Å². The van der Waals surface area contributed by atoms with Gasteiger partial charge in [0.25, 0.3) is 0 Å². The van der Waals surface area contributed by atoms with Crippen molar-refractivity contribution in [3.63, 3.8) is 0 Å². The third-order valence-corrected chi connectivity index (χ3v) is 3.53. The Morgan fingerprint density at radius 2 is 2.24 bits per heavy atom. The number of nitrogens with zero attached hydrogens (tertiary/aromatic N) is 4. The van der Waals surface area contributed by atoms with Crippen LogP contribution in [0.2, 0.25) is 5.02 Å². The Labute approximate surface area is 131 Å². The van der Waals surface area contributed by atoms with Gasteiger partial charge < -0.3 is 9.84 Å². The van der Waals surface area contributed by atoms with Crippen molar-refractivity contribution in [3.05, 3.63) is 28.5 Å². The van der Waals surface area contributed by atoms with Crippen molar-refractivity contribution < 1.29 is 9.84 Å². The smallest absolute Gasteiger partial charge is 0.211 e. The van der Waals surface area contributed by atoms with Gasteiger partial charge in [0, 0.05) is 0 Å². The van der Waals surface area contributed by atoms with Crippen LogP contribution in [0.25, 0.3) is 0 Å². The van der Waals surface area contributed by atoms with E-state index in [-0.39, 0.29) is 10.8 Å². The highest BCUT2D eigenvalue weighted by atomic mass is 35.5. The van der Waals surface area contributed by atoms with E-state index in [0.29, 0.717) is 28.9 Å². The molecule has 6 nitrogen and oxygen atoms in total. The fraction of sp³-hybridized carbons (Fsp3) is 0.308. The summed E-state index contributed by atoms with van der Waals surface area (Å²) in [5.41, 5.74) is 0.710. The van der Waals surface area contributed by atoms with E-state index in [1.807, 2.05) is 20.1 Å². The number of halogens is 1. The average molecular weight is 327 g/mol. The van der Waals surface area contributed by atoms with Crippen LogP contribution in [0.5, 0.6) is 11.5 Å². The van der Waals surface area contributed by atoms with Crippen LogP contribution in [0.15, 0.2) is 22.4 Å². The molecule has 0 aliphatic carbocycles. The van der Waals surface area contributed by atoms with Crippen molar-refractivity contribution in [2.75, 3.05) is 12.9 Å². The van der Waals surface area contributed by atoms with Gasteiger partial charge in [-0.15, -0.1) is 10.2 Å². The van der Waals surface area contributed by atoms with E-state index >= 15 is 0 Å². The Balaban J connectivity index is 2.34. The van der Waals surface area contributed by atoms with Crippen LogP contribution in [0.4, 0.5) is 0 Å². The minimum atomic E-state index is -0.0686. The first kappa shape index (κ1) is 15.7. The first-order chi connectivity index (χ1) is 10.1. The molecule has 0 radical (unpaired) electrons. The fourth-order valence-electron chi connectivity index (χ4n) is 1.66. The largest absolute Gasteiger partial charge is 0.503 e. The van der Waals surface area contributed by atoms with Crippen molar-refractivity contribution >= 4 is 29.6 Å². The summed E-state index contributed by atoms with van der Waals surface area (Å²) in [6, 6.07) is 3.29. The molecule has 21 heavy (non-hydrogen) atoms. The average Bonchev–Trinajstić information content (AvgIpc) is 2.82. The van der Waals surface area contributed by atoms with Gasteiger partial charge in [0.1, 0.15) is 0 Å². The van der Waals surface area contributed by atoms with E-state index in [1.165, 1.54) is 11.8 Å². The van der Waals surface area contributed by atoms with Crippen molar-refractivity contribution in [3.8, 4) is 11.5 Å². The highest BCUT2D eigenvalue weighted by Crippen LogP contribution is 2.34. The third kappa shape index (κ3) is 3.48. The number of phenolic OH excluding ortho intramolecular Hbond substituents is 1. The number of rotatable bonds is 5. The topological polar surface area (TPSA) is 72.5 Å². The normalized spacial score (nSPS) is 11.2. The number of ether oxygens (including phenoxy) is 1. The zero-order chi connectivity index (χ0) is 15.4. The molecule has 1 heterocycles. The third-order valence-electron chi connectivity index (χ3n) is 2.62. The summed E-state index contributed by atoms with van der Waals surface area (Å²) < 4.78 is 6.96. The molecule has 0 atom stereocenters. The number of hydrogen-bond donors (Lipinski definition) is 1. The molecule has 2 aromatic rings. The second kappa shape index (κ2) is 6.82. The van der Waals surface area contributed by atoms with Gasteiger partial charge in [0.15, 0.2) is 17.3 Å². The molecule has 8 heteroatoms. The minimum Gasteiger partial charge on any atom is -0.503 e. The summed E-state index contributed by atoms with van der Waals surface area (Å²) in [5, 5.41) is 23.0. The predicted molar refractivity (Wildman–Crippen MR) is 83.8 cm³/mol. The van der Waals surface area contributed by atoms with E-state index in [1.54, 1.807) is 23.0 Å². The van der Waals surface area contributed by atoms with Crippen LogP contribution in [0.1, 0.15) is 18.3 Å². The van der Waals surface area contributed by atoms with Crippen LogP contribution >= 0.6 is 23.4 Å². The van der Waals surface area contributed by atoms with Crippen molar-refractivity contribution in [1.82, 2.24) is 14.9 Å². The molecule has 1 N–H and O–H groups in total. The van der Waals surface area contributed by atoms with Crippen LogP contribution in [-0.2, 0) is 0 Å². The molecule has 0 saturated carbocycles. The Hall–Kier alpha value is -1.73. The van der Waals surface area contributed by atoms with Gasteiger partial charge in [-0.25, -0.2) is 0 Å². The molecule has 0 bridgehead atoms. The molecular weight excluding hydrogens is 312 g/mol. The van der Waals surface area contributed by atoms with Gasteiger partial charge in [-0.1, -0.05) is 23.4 Å². The molecule has 112 valence electrons. The summed E-state index contributed by atoms with van der Waals surface area (Å²) in [5.74, 6) is 0.948. The van der Waals surface area contributed by atoms with Gasteiger partial charge in [0.2, 0.25) is 5.16 Å². The van der Waals surface area contributed by atoms with E-state index in [2.05, 4.69) is 15.3 Å². The number of hydrogen-bond acceptors (Lipinski definition) is 6. The molecule has 0 unspecified atom stereocenters. The lowest BCUT2D eigenvalue weighted by Gasteiger charge is -2.08. The molecule has 2 rings (SSSR count). The minimum absolute atomic E-state index is 0.0686. The van der Waals surface area contributed by atoms with Crippen molar-refractivity contribution in [2.45, 2.75) is 19.0 Å². The second-order valence-electron chi connectivity index (χ2n) is 4.07. The zero-order valence-corrected chi connectivity index (χ0v) is 13.4. The number of aryl methyl sites for hydroxylation is 1. The summed E-state index contributed by atoms with van der Waals surface area (Å²) in [4.78, 5) is 0. The molecule has 0 fully saturated rings. The summed E-state index contributed by atoms with van der Waals surface area (Å²) in [6.07, 6.45) is 3.52. The molecule has 1 aromatic heterocycles. The predicted octanol–water partition coefficient (Wildman–Crippen LogP) is 2.95. The lowest BCUT2D eigenvalue weighted by Crippen LogP contribution is -1.97. The first-order valence-corrected chi connectivity index (χ1v) is 7.82. The van der Waals surface area contributed by atoms with E-state index in [9.17, 15) is 5.11 Å². The van der Waals surface area contributed by atoms with E-state index in [4.69, 9.17) is 16.3 Å². The summed E-state index contributed by atoms with van der Waals surface area (Å²) in [7, 11) is 0. The lowest BCUT2D eigenvalue weighted by atomic mass is 10.2.